The quantitative estimate of drug-likeness (QED) is 0.855. The molecule has 1 aromatic heterocycles. The number of anilines is 1. The number of nitrogens with zero attached hydrogens (tertiary/aromatic N) is 3. The van der Waals surface area contributed by atoms with E-state index in [2.05, 4.69) is 28.9 Å². The van der Waals surface area contributed by atoms with E-state index in [0.29, 0.717) is 23.8 Å². The van der Waals surface area contributed by atoms with Crippen molar-refractivity contribution in [2.24, 2.45) is 17.6 Å². The topological polar surface area (TPSA) is 88.4 Å². The maximum Gasteiger partial charge on any atom is 0.324 e. The van der Waals surface area contributed by atoms with Crippen molar-refractivity contribution in [3.63, 3.8) is 0 Å². The largest absolute Gasteiger partial charge is 0.396 e. The predicted octanol–water partition coefficient (Wildman–Crippen LogP) is 1.51. The summed E-state index contributed by atoms with van der Waals surface area (Å²) in [6, 6.07) is 0.655. The van der Waals surface area contributed by atoms with Crippen molar-refractivity contribution in [1.82, 2.24) is 10.1 Å². The van der Waals surface area contributed by atoms with Gasteiger partial charge in [-0.3, -0.25) is 0 Å². The molecule has 6 nitrogen and oxygen atoms in total. The van der Waals surface area contributed by atoms with Crippen LogP contribution in [0, 0.1) is 11.8 Å². The Morgan fingerprint density at radius 3 is 2.71 bits per heavy atom. The monoisotopic (exact) mass is 294 g/mol. The van der Waals surface area contributed by atoms with E-state index in [4.69, 9.17) is 15.4 Å². The maximum atomic E-state index is 9.08. The summed E-state index contributed by atoms with van der Waals surface area (Å²) in [7, 11) is 0. The van der Waals surface area contributed by atoms with Gasteiger partial charge >= 0.3 is 6.01 Å². The molecule has 3 rings (SSSR count). The highest BCUT2D eigenvalue weighted by atomic mass is 16.5. The summed E-state index contributed by atoms with van der Waals surface area (Å²) >= 11 is 0. The molecule has 21 heavy (non-hydrogen) atoms. The summed E-state index contributed by atoms with van der Waals surface area (Å²) < 4.78 is 5.36. The number of aliphatic hydroxyl groups excluding tert-OH is 1. The Kier molecular flexibility index (Phi) is 3.92. The molecular formula is C15H26N4O2. The Bertz CT molecular complexity index is 482. The summed E-state index contributed by atoms with van der Waals surface area (Å²) in [6.07, 6.45) is 4.04. The number of aromatic nitrogens is 2. The van der Waals surface area contributed by atoms with Crippen LogP contribution in [-0.4, -0.2) is 40.5 Å². The highest BCUT2D eigenvalue weighted by Crippen LogP contribution is 2.51. The molecule has 118 valence electrons. The first-order chi connectivity index (χ1) is 10.0. The third-order valence-corrected chi connectivity index (χ3v) is 5.08. The minimum absolute atomic E-state index is 0.100. The van der Waals surface area contributed by atoms with Gasteiger partial charge in [-0.25, -0.2) is 0 Å². The molecule has 1 saturated heterocycles. The molecule has 1 aromatic rings. The van der Waals surface area contributed by atoms with Gasteiger partial charge in [-0.1, -0.05) is 19.0 Å². The lowest BCUT2D eigenvalue weighted by Crippen LogP contribution is -2.37. The first kappa shape index (κ1) is 14.8. The van der Waals surface area contributed by atoms with E-state index < -0.39 is 0 Å². The zero-order valence-corrected chi connectivity index (χ0v) is 13.0. The number of piperidine rings is 1. The summed E-state index contributed by atoms with van der Waals surface area (Å²) in [6.45, 7) is 6.24. The Labute approximate surface area is 125 Å². The minimum Gasteiger partial charge on any atom is -0.396 e. The SMILES string of the molecule is CC(C)c1noc(N2CCC(C3CC3(N)CCO)CC2)n1. The van der Waals surface area contributed by atoms with Gasteiger partial charge in [0.1, 0.15) is 0 Å². The molecule has 6 heteroatoms. The Hall–Kier alpha value is -1.14. The van der Waals surface area contributed by atoms with E-state index in [-0.39, 0.29) is 12.1 Å². The molecule has 2 aliphatic rings. The van der Waals surface area contributed by atoms with Gasteiger partial charge < -0.3 is 20.3 Å². The van der Waals surface area contributed by atoms with Crippen LogP contribution >= 0.6 is 0 Å². The van der Waals surface area contributed by atoms with Crippen LogP contribution < -0.4 is 10.6 Å². The molecule has 1 aliphatic heterocycles. The summed E-state index contributed by atoms with van der Waals surface area (Å²) in [5, 5.41) is 13.1. The first-order valence-electron chi connectivity index (χ1n) is 8.02. The van der Waals surface area contributed by atoms with Crippen molar-refractivity contribution in [3.05, 3.63) is 5.82 Å². The van der Waals surface area contributed by atoms with Gasteiger partial charge in [0.15, 0.2) is 5.82 Å². The highest BCUT2D eigenvalue weighted by Gasteiger charge is 2.54. The van der Waals surface area contributed by atoms with Crippen molar-refractivity contribution in [2.45, 2.75) is 51.0 Å². The molecule has 0 bridgehead atoms. The third-order valence-electron chi connectivity index (χ3n) is 5.08. The van der Waals surface area contributed by atoms with Crippen LogP contribution in [0.15, 0.2) is 4.52 Å². The molecule has 2 fully saturated rings. The fraction of sp³-hybridized carbons (Fsp3) is 0.867. The highest BCUT2D eigenvalue weighted by molar-refractivity contribution is 5.27. The van der Waals surface area contributed by atoms with Crippen LogP contribution in [0.3, 0.4) is 0 Å². The van der Waals surface area contributed by atoms with Gasteiger partial charge in [0, 0.05) is 31.2 Å². The van der Waals surface area contributed by atoms with E-state index in [0.717, 1.165) is 44.6 Å². The van der Waals surface area contributed by atoms with Crippen molar-refractivity contribution < 1.29 is 9.63 Å². The molecule has 3 N–H and O–H groups in total. The lowest BCUT2D eigenvalue weighted by Gasteiger charge is -2.31. The third kappa shape index (κ3) is 2.92. The van der Waals surface area contributed by atoms with Crippen LogP contribution in [0.25, 0.3) is 0 Å². The van der Waals surface area contributed by atoms with Gasteiger partial charge in [-0.2, -0.15) is 4.98 Å². The average Bonchev–Trinajstić information content (AvgIpc) is 2.91. The molecule has 0 spiro atoms. The fourth-order valence-electron chi connectivity index (χ4n) is 3.56. The van der Waals surface area contributed by atoms with Gasteiger partial charge in [0.25, 0.3) is 0 Å². The van der Waals surface area contributed by atoms with Crippen LogP contribution in [-0.2, 0) is 0 Å². The Morgan fingerprint density at radius 2 is 2.14 bits per heavy atom. The van der Waals surface area contributed by atoms with Crippen LogP contribution in [0.5, 0.6) is 0 Å². The van der Waals surface area contributed by atoms with Crippen molar-refractivity contribution in [1.29, 1.82) is 0 Å². The number of aliphatic hydroxyl groups is 1. The molecular weight excluding hydrogens is 268 g/mol. The molecule has 2 unspecified atom stereocenters. The second-order valence-electron chi connectivity index (χ2n) is 6.93. The summed E-state index contributed by atoms with van der Waals surface area (Å²) in [5.41, 5.74) is 6.20. The van der Waals surface area contributed by atoms with Crippen LogP contribution in [0.4, 0.5) is 6.01 Å². The normalized spacial score (nSPS) is 30.1. The van der Waals surface area contributed by atoms with Gasteiger partial charge in [0.2, 0.25) is 0 Å². The summed E-state index contributed by atoms with van der Waals surface area (Å²) in [4.78, 5) is 6.65. The smallest absolute Gasteiger partial charge is 0.324 e. The molecule has 2 heterocycles. The molecule has 0 radical (unpaired) electrons. The maximum absolute atomic E-state index is 9.08. The minimum atomic E-state index is -0.100. The Morgan fingerprint density at radius 1 is 1.43 bits per heavy atom. The number of hydrogen-bond acceptors (Lipinski definition) is 6. The van der Waals surface area contributed by atoms with E-state index in [1.54, 1.807) is 0 Å². The van der Waals surface area contributed by atoms with Crippen molar-refractivity contribution in [2.75, 3.05) is 24.6 Å². The van der Waals surface area contributed by atoms with E-state index >= 15 is 0 Å². The second kappa shape index (κ2) is 5.57. The molecule has 0 aromatic carbocycles. The van der Waals surface area contributed by atoms with Gasteiger partial charge in [0.05, 0.1) is 0 Å². The number of hydrogen-bond donors (Lipinski definition) is 2. The molecule has 2 atom stereocenters. The van der Waals surface area contributed by atoms with E-state index in [1.807, 2.05) is 0 Å². The molecule has 1 aliphatic carbocycles. The Balaban J connectivity index is 1.53. The van der Waals surface area contributed by atoms with Gasteiger partial charge in [-0.05, 0) is 37.5 Å². The number of nitrogens with two attached hydrogens (primary N) is 1. The van der Waals surface area contributed by atoms with Crippen LogP contribution in [0.1, 0.15) is 51.3 Å². The zero-order chi connectivity index (χ0) is 15.0. The van der Waals surface area contributed by atoms with Crippen molar-refractivity contribution in [3.8, 4) is 0 Å². The lowest BCUT2D eigenvalue weighted by molar-refractivity contribution is 0.252. The predicted molar refractivity (Wildman–Crippen MR) is 80.1 cm³/mol. The average molecular weight is 294 g/mol. The number of rotatable bonds is 5. The van der Waals surface area contributed by atoms with Crippen molar-refractivity contribution >= 4 is 6.01 Å². The van der Waals surface area contributed by atoms with E-state index in [9.17, 15) is 0 Å². The lowest BCUT2D eigenvalue weighted by atomic mass is 9.89. The molecule has 1 saturated carbocycles. The van der Waals surface area contributed by atoms with Gasteiger partial charge in [-0.15, -0.1) is 0 Å². The zero-order valence-electron chi connectivity index (χ0n) is 13.0. The van der Waals surface area contributed by atoms with Crippen LogP contribution in [0.2, 0.25) is 0 Å². The fourth-order valence-corrected chi connectivity index (χ4v) is 3.56. The first-order valence-corrected chi connectivity index (χ1v) is 8.02. The standard InChI is InChI=1S/C15H26N4O2/c1-10(2)13-17-14(21-18-13)19-6-3-11(4-7-19)12-9-15(12,16)5-8-20/h10-12,20H,3-9,16H2,1-2H3. The van der Waals surface area contributed by atoms with E-state index in [1.165, 1.54) is 0 Å². The second-order valence-corrected chi connectivity index (χ2v) is 6.93. The molecule has 0 amide bonds. The summed E-state index contributed by atoms with van der Waals surface area (Å²) in [5.74, 6) is 2.33.